The molecular weight excluding hydrogens is 642 g/mol. The fourth-order valence-corrected chi connectivity index (χ4v) is 6.79. The minimum absolute atomic E-state index is 0.233. The van der Waals surface area contributed by atoms with Gasteiger partial charge in [-0.25, -0.2) is 4.68 Å². The van der Waals surface area contributed by atoms with Gasteiger partial charge in [0, 0.05) is 22.2 Å². The third kappa shape index (κ3) is 7.22. The first-order chi connectivity index (χ1) is 23.2. The molecular formula is C38H38ClN5O3S. The molecule has 0 radical (unpaired) electrons. The lowest BCUT2D eigenvalue weighted by Crippen LogP contribution is -2.31. The number of anilines is 2. The summed E-state index contributed by atoms with van der Waals surface area (Å²) in [6, 6.07) is 27.1. The van der Waals surface area contributed by atoms with E-state index in [4.69, 9.17) is 31.2 Å². The Kier molecular flexibility index (Phi) is 10.1. The molecule has 4 aromatic carbocycles. The third-order valence-corrected chi connectivity index (χ3v) is 9.56. The normalized spacial score (nSPS) is 13.9. The molecule has 1 aliphatic rings. The number of allylic oxidation sites excluding steroid dienone is 1. The summed E-state index contributed by atoms with van der Waals surface area (Å²) >= 11 is 7.91. The molecule has 0 saturated heterocycles. The number of fused-ring (bicyclic) bond motifs is 1. The molecule has 0 spiro atoms. The van der Waals surface area contributed by atoms with Crippen molar-refractivity contribution in [3.8, 4) is 11.5 Å². The third-order valence-electron chi connectivity index (χ3n) is 8.31. The molecule has 246 valence electrons. The van der Waals surface area contributed by atoms with E-state index in [1.54, 1.807) is 4.68 Å². The molecule has 2 N–H and O–H groups in total. The number of thioether (sulfide) groups is 1. The van der Waals surface area contributed by atoms with Crippen LogP contribution >= 0.6 is 23.4 Å². The van der Waals surface area contributed by atoms with E-state index in [1.807, 2.05) is 100 Å². The zero-order chi connectivity index (χ0) is 33.8. The summed E-state index contributed by atoms with van der Waals surface area (Å²) in [6.07, 6.45) is 0. The van der Waals surface area contributed by atoms with Crippen LogP contribution in [-0.2, 0) is 17.2 Å². The molecule has 1 amide bonds. The number of amides is 1. The molecule has 0 bridgehead atoms. The Morgan fingerprint density at radius 1 is 0.958 bits per heavy atom. The smallest absolute Gasteiger partial charge is 0.255 e. The first-order valence-corrected chi connectivity index (χ1v) is 17.2. The number of nitrogens with one attached hydrogen (secondary N) is 2. The predicted octanol–water partition coefficient (Wildman–Crippen LogP) is 9.05. The van der Waals surface area contributed by atoms with Gasteiger partial charge in [-0.2, -0.15) is 4.98 Å². The summed E-state index contributed by atoms with van der Waals surface area (Å²) in [7, 11) is 0. The van der Waals surface area contributed by atoms with Gasteiger partial charge in [-0.15, -0.1) is 5.10 Å². The van der Waals surface area contributed by atoms with Gasteiger partial charge in [0.1, 0.15) is 12.6 Å². The van der Waals surface area contributed by atoms with Crippen molar-refractivity contribution in [3.05, 3.63) is 135 Å². The van der Waals surface area contributed by atoms with E-state index in [2.05, 4.69) is 29.7 Å². The second-order valence-corrected chi connectivity index (χ2v) is 13.1. The van der Waals surface area contributed by atoms with Gasteiger partial charge in [0.2, 0.25) is 11.1 Å². The summed E-state index contributed by atoms with van der Waals surface area (Å²) in [5, 5.41) is 12.7. The number of carbonyl (C=O) groups is 1. The maximum atomic E-state index is 14.2. The van der Waals surface area contributed by atoms with Crippen LogP contribution in [0.25, 0.3) is 0 Å². The Morgan fingerprint density at radius 2 is 1.77 bits per heavy atom. The van der Waals surface area contributed by atoms with E-state index in [1.165, 1.54) is 17.3 Å². The molecule has 6 rings (SSSR count). The molecule has 2 heterocycles. The van der Waals surface area contributed by atoms with Crippen molar-refractivity contribution in [2.45, 2.75) is 58.2 Å². The number of hydrogen-bond acceptors (Lipinski definition) is 7. The molecule has 0 saturated carbocycles. The predicted molar refractivity (Wildman–Crippen MR) is 193 cm³/mol. The molecule has 1 aliphatic heterocycles. The summed E-state index contributed by atoms with van der Waals surface area (Å²) in [5.41, 5.74) is 8.11. The highest BCUT2D eigenvalue weighted by molar-refractivity contribution is 7.98. The molecule has 1 unspecified atom stereocenters. The van der Waals surface area contributed by atoms with Crippen molar-refractivity contribution < 1.29 is 14.3 Å². The van der Waals surface area contributed by atoms with E-state index in [9.17, 15) is 4.79 Å². The zero-order valence-corrected chi connectivity index (χ0v) is 29.2. The zero-order valence-electron chi connectivity index (χ0n) is 27.6. The van der Waals surface area contributed by atoms with Crippen LogP contribution in [0.1, 0.15) is 53.3 Å². The largest absolute Gasteiger partial charge is 0.490 e. The minimum Gasteiger partial charge on any atom is -0.490 e. The van der Waals surface area contributed by atoms with Gasteiger partial charge >= 0.3 is 0 Å². The highest BCUT2D eigenvalue weighted by Crippen LogP contribution is 2.40. The standard InChI is InChI=1S/C38H38ClN5O3S/c1-6-46-33-20-28(17-18-32(33)47-21-27-13-9-11-23(2)19-27)35-34(36(45)41-31-16-10-12-24(3)25(31)4)26(5)40-37-42-38(43-44(35)37)48-22-29-14-7-8-15-30(29)39/h7-20,35H,6,21-22H2,1-5H3,(H,41,45)(H,40,42,43). The van der Waals surface area contributed by atoms with Crippen LogP contribution < -0.4 is 20.1 Å². The lowest BCUT2D eigenvalue weighted by molar-refractivity contribution is -0.113. The summed E-state index contributed by atoms with van der Waals surface area (Å²) in [6.45, 7) is 10.8. The van der Waals surface area contributed by atoms with Crippen LogP contribution in [0.15, 0.2) is 101 Å². The Bertz CT molecular complexity index is 2010. The Labute approximate surface area is 290 Å². The highest BCUT2D eigenvalue weighted by Gasteiger charge is 2.35. The van der Waals surface area contributed by atoms with Gasteiger partial charge in [0.15, 0.2) is 11.5 Å². The van der Waals surface area contributed by atoms with Gasteiger partial charge in [-0.05, 0) is 86.7 Å². The maximum absolute atomic E-state index is 14.2. The molecule has 5 aromatic rings. The number of rotatable bonds is 11. The van der Waals surface area contributed by atoms with Crippen molar-refractivity contribution >= 4 is 40.9 Å². The Morgan fingerprint density at radius 3 is 2.56 bits per heavy atom. The van der Waals surface area contributed by atoms with Gasteiger partial charge in [0.05, 0.1) is 12.2 Å². The minimum atomic E-state index is -0.599. The first kappa shape index (κ1) is 33.2. The molecule has 0 aliphatic carbocycles. The van der Waals surface area contributed by atoms with Gasteiger partial charge in [-0.3, -0.25) is 4.79 Å². The van der Waals surface area contributed by atoms with Crippen LogP contribution in [0.5, 0.6) is 11.5 Å². The van der Waals surface area contributed by atoms with Crippen LogP contribution in [0, 0.1) is 20.8 Å². The summed E-state index contributed by atoms with van der Waals surface area (Å²) < 4.78 is 14.1. The van der Waals surface area contributed by atoms with Gasteiger partial charge < -0.3 is 20.1 Å². The Balaban J connectivity index is 1.37. The van der Waals surface area contributed by atoms with E-state index >= 15 is 0 Å². The summed E-state index contributed by atoms with van der Waals surface area (Å²) in [4.78, 5) is 19.0. The second kappa shape index (κ2) is 14.6. The lowest BCUT2D eigenvalue weighted by Gasteiger charge is -2.29. The van der Waals surface area contributed by atoms with Crippen LogP contribution in [0.4, 0.5) is 11.6 Å². The molecule has 10 heteroatoms. The first-order valence-electron chi connectivity index (χ1n) is 15.8. The number of benzene rings is 4. The number of nitrogens with zero attached hydrogens (tertiary/aromatic N) is 3. The number of aryl methyl sites for hydroxylation is 2. The molecule has 8 nitrogen and oxygen atoms in total. The highest BCUT2D eigenvalue weighted by atomic mass is 35.5. The average Bonchev–Trinajstić information content (AvgIpc) is 3.47. The number of carbonyl (C=O) groups excluding carboxylic acids is 1. The van der Waals surface area contributed by atoms with Crippen molar-refractivity contribution in [2.75, 3.05) is 17.2 Å². The van der Waals surface area contributed by atoms with Gasteiger partial charge in [0.25, 0.3) is 5.91 Å². The van der Waals surface area contributed by atoms with E-state index < -0.39 is 6.04 Å². The molecule has 1 atom stereocenters. The number of ether oxygens (including phenoxy) is 2. The van der Waals surface area contributed by atoms with Crippen molar-refractivity contribution in [2.24, 2.45) is 0 Å². The monoisotopic (exact) mass is 679 g/mol. The quantitative estimate of drug-likeness (QED) is 0.135. The molecule has 48 heavy (non-hydrogen) atoms. The average molecular weight is 680 g/mol. The number of aromatic nitrogens is 3. The number of hydrogen-bond donors (Lipinski definition) is 2. The fraction of sp³-hybridized carbons (Fsp3) is 0.237. The van der Waals surface area contributed by atoms with Crippen molar-refractivity contribution in [3.63, 3.8) is 0 Å². The van der Waals surface area contributed by atoms with E-state index in [0.29, 0.717) is 57.9 Å². The lowest BCUT2D eigenvalue weighted by atomic mass is 9.94. The van der Waals surface area contributed by atoms with Crippen LogP contribution in [0.2, 0.25) is 5.02 Å². The number of halogens is 1. The van der Waals surface area contributed by atoms with Crippen molar-refractivity contribution in [1.82, 2.24) is 14.8 Å². The fourth-order valence-electron chi connectivity index (χ4n) is 5.67. The molecule has 0 fully saturated rings. The van der Waals surface area contributed by atoms with Crippen LogP contribution in [-0.4, -0.2) is 27.3 Å². The van der Waals surface area contributed by atoms with Gasteiger partial charge in [-0.1, -0.05) is 89.6 Å². The maximum Gasteiger partial charge on any atom is 0.255 e. The van der Waals surface area contributed by atoms with Crippen molar-refractivity contribution in [1.29, 1.82) is 0 Å². The Hall–Kier alpha value is -4.73. The van der Waals surface area contributed by atoms with Crippen LogP contribution in [0.3, 0.4) is 0 Å². The molecule has 1 aromatic heterocycles. The SMILES string of the molecule is CCOc1cc(C2C(C(=O)Nc3cccc(C)c3C)=C(C)Nc3nc(SCc4ccccc4Cl)nn32)ccc1OCc1cccc(C)c1. The topological polar surface area (TPSA) is 90.3 Å². The second-order valence-electron chi connectivity index (χ2n) is 11.7. The summed E-state index contributed by atoms with van der Waals surface area (Å²) in [5.74, 6) is 2.11. The van der Waals surface area contributed by atoms with E-state index in [-0.39, 0.29) is 5.91 Å². The van der Waals surface area contributed by atoms with E-state index in [0.717, 1.165) is 33.5 Å².